The van der Waals surface area contributed by atoms with Crippen LogP contribution in [0.2, 0.25) is 0 Å². The highest BCUT2D eigenvalue weighted by Crippen LogP contribution is 2.15. The van der Waals surface area contributed by atoms with Crippen LogP contribution in [0.1, 0.15) is 52.0 Å². The first-order valence-electron chi connectivity index (χ1n) is 8.88. The smallest absolute Gasteiger partial charge is 0.255 e. The van der Waals surface area contributed by atoms with Crippen LogP contribution in [0.25, 0.3) is 0 Å². The van der Waals surface area contributed by atoms with E-state index in [2.05, 4.69) is 5.32 Å². The van der Waals surface area contributed by atoms with Crippen molar-refractivity contribution < 1.29 is 9.59 Å². The number of anilines is 1. The number of likely N-dealkylation sites (tertiary alicyclic amines) is 1. The van der Waals surface area contributed by atoms with E-state index in [1.165, 1.54) is 12.8 Å². The van der Waals surface area contributed by atoms with E-state index in [1.807, 2.05) is 11.0 Å². The minimum atomic E-state index is -0.247. The molecule has 0 aliphatic carbocycles. The average Bonchev–Trinajstić information content (AvgIpc) is 2.97. The van der Waals surface area contributed by atoms with Crippen molar-refractivity contribution >= 4 is 17.5 Å². The molecular weight excluding hydrogens is 326 g/mol. The third-order valence-corrected chi connectivity index (χ3v) is 4.56. The molecule has 5 heteroatoms. The Morgan fingerprint density at radius 3 is 2.00 bits per heavy atom. The van der Waals surface area contributed by atoms with Crippen LogP contribution < -0.4 is 5.32 Å². The third kappa shape index (κ3) is 4.28. The van der Waals surface area contributed by atoms with Crippen molar-refractivity contribution in [2.75, 3.05) is 18.4 Å². The summed E-state index contributed by atoms with van der Waals surface area (Å²) in [6, 6.07) is 15.5. The van der Waals surface area contributed by atoms with Gasteiger partial charge in [-0.1, -0.05) is 12.8 Å². The van der Waals surface area contributed by atoms with Crippen LogP contribution in [0, 0.1) is 11.3 Å². The zero-order valence-corrected chi connectivity index (χ0v) is 14.6. The lowest BCUT2D eigenvalue weighted by Crippen LogP contribution is -2.31. The van der Waals surface area contributed by atoms with Gasteiger partial charge >= 0.3 is 0 Å². The van der Waals surface area contributed by atoms with Gasteiger partial charge in [0.1, 0.15) is 0 Å². The van der Waals surface area contributed by atoms with Crippen LogP contribution in [0.3, 0.4) is 0 Å². The predicted octanol–water partition coefficient (Wildman–Crippen LogP) is 3.83. The van der Waals surface area contributed by atoms with Crippen LogP contribution in [-0.4, -0.2) is 29.8 Å². The second-order valence-electron chi connectivity index (χ2n) is 6.43. The number of carbonyl (C=O) groups is 2. The molecular formula is C21H21N3O2. The van der Waals surface area contributed by atoms with E-state index in [0.29, 0.717) is 22.4 Å². The lowest BCUT2D eigenvalue weighted by molar-refractivity contribution is 0.0761. The van der Waals surface area contributed by atoms with Gasteiger partial charge in [0.2, 0.25) is 0 Å². The van der Waals surface area contributed by atoms with E-state index < -0.39 is 0 Å². The Labute approximate surface area is 153 Å². The number of nitrogens with zero attached hydrogens (tertiary/aromatic N) is 2. The predicted molar refractivity (Wildman–Crippen MR) is 99.9 cm³/mol. The first kappa shape index (κ1) is 17.7. The number of carbonyl (C=O) groups excluding carboxylic acids is 2. The highest BCUT2D eigenvalue weighted by molar-refractivity contribution is 6.05. The third-order valence-electron chi connectivity index (χ3n) is 4.56. The zero-order valence-electron chi connectivity index (χ0n) is 14.6. The molecule has 1 heterocycles. The van der Waals surface area contributed by atoms with Crippen molar-refractivity contribution in [1.82, 2.24) is 4.90 Å². The van der Waals surface area contributed by atoms with Gasteiger partial charge in [0.05, 0.1) is 11.6 Å². The minimum Gasteiger partial charge on any atom is -0.339 e. The second-order valence-corrected chi connectivity index (χ2v) is 6.43. The van der Waals surface area contributed by atoms with Crippen molar-refractivity contribution in [2.24, 2.45) is 0 Å². The van der Waals surface area contributed by atoms with Gasteiger partial charge in [-0.15, -0.1) is 0 Å². The molecule has 132 valence electrons. The van der Waals surface area contributed by atoms with E-state index >= 15 is 0 Å². The fourth-order valence-corrected chi connectivity index (χ4v) is 3.05. The molecule has 2 amide bonds. The number of hydrogen-bond donors (Lipinski definition) is 1. The van der Waals surface area contributed by atoms with E-state index in [4.69, 9.17) is 5.26 Å². The normalized spacial score (nSPS) is 14.2. The summed E-state index contributed by atoms with van der Waals surface area (Å²) in [4.78, 5) is 26.8. The van der Waals surface area contributed by atoms with E-state index in [0.717, 1.165) is 25.9 Å². The summed E-state index contributed by atoms with van der Waals surface area (Å²) in [7, 11) is 0. The lowest BCUT2D eigenvalue weighted by atomic mass is 10.1. The molecule has 0 bridgehead atoms. The number of amides is 2. The second kappa shape index (κ2) is 8.30. The number of nitrogens with one attached hydrogen (secondary N) is 1. The van der Waals surface area contributed by atoms with Gasteiger partial charge < -0.3 is 10.2 Å². The summed E-state index contributed by atoms with van der Waals surface area (Å²) in [5.41, 5.74) is 2.27. The fourth-order valence-electron chi connectivity index (χ4n) is 3.05. The highest BCUT2D eigenvalue weighted by Gasteiger charge is 2.17. The molecule has 1 saturated heterocycles. The monoisotopic (exact) mass is 347 g/mol. The number of hydrogen-bond acceptors (Lipinski definition) is 3. The summed E-state index contributed by atoms with van der Waals surface area (Å²) in [5, 5.41) is 11.6. The van der Waals surface area contributed by atoms with E-state index in [9.17, 15) is 9.59 Å². The molecule has 1 N–H and O–H groups in total. The molecule has 0 unspecified atom stereocenters. The Kier molecular flexibility index (Phi) is 5.65. The summed E-state index contributed by atoms with van der Waals surface area (Å²) < 4.78 is 0. The molecule has 5 nitrogen and oxygen atoms in total. The van der Waals surface area contributed by atoms with E-state index in [1.54, 1.807) is 48.5 Å². The van der Waals surface area contributed by atoms with E-state index in [-0.39, 0.29) is 11.8 Å². The Bertz CT molecular complexity index is 812. The standard InChI is InChI=1S/C21H21N3O2/c22-15-16-5-11-19(12-6-16)23-20(25)17-7-9-18(10-8-17)21(26)24-13-3-1-2-4-14-24/h5-12H,1-4,13-14H2,(H,23,25). The van der Waals surface area contributed by atoms with Crippen LogP contribution in [0.4, 0.5) is 5.69 Å². The minimum absolute atomic E-state index is 0.0333. The summed E-state index contributed by atoms with van der Waals surface area (Å²) in [6.07, 6.45) is 4.46. The Morgan fingerprint density at radius 1 is 0.846 bits per heavy atom. The molecule has 0 saturated carbocycles. The molecule has 0 aromatic heterocycles. The largest absolute Gasteiger partial charge is 0.339 e. The molecule has 0 radical (unpaired) electrons. The molecule has 1 aliphatic heterocycles. The molecule has 2 aromatic rings. The SMILES string of the molecule is N#Cc1ccc(NC(=O)c2ccc(C(=O)N3CCCCCC3)cc2)cc1. The maximum atomic E-state index is 12.6. The van der Waals surface area contributed by atoms with Gasteiger partial charge in [0.15, 0.2) is 0 Å². The first-order valence-corrected chi connectivity index (χ1v) is 8.88. The molecule has 3 rings (SSSR count). The Morgan fingerprint density at radius 2 is 1.42 bits per heavy atom. The Balaban J connectivity index is 1.65. The van der Waals surface area contributed by atoms with Gasteiger partial charge in [-0.3, -0.25) is 9.59 Å². The van der Waals surface area contributed by atoms with Crippen LogP contribution >= 0.6 is 0 Å². The zero-order chi connectivity index (χ0) is 18.4. The van der Waals surface area contributed by atoms with Crippen LogP contribution in [0.5, 0.6) is 0 Å². The van der Waals surface area contributed by atoms with Crippen LogP contribution in [-0.2, 0) is 0 Å². The highest BCUT2D eigenvalue weighted by atomic mass is 16.2. The summed E-state index contributed by atoms with van der Waals surface area (Å²) in [6.45, 7) is 1.61. The summed E-state index contributed by atoms with van der Waals surface area (Å²) in [5.74, 6) is -0.213. The molecule has 1 fully saturated rings. The van der Waals surface area contributed by atoms with Crippen LogP contribution in [0.15, 0.2) is 48.5 Å². The topological polar surface area (TPSA) is 73.2 Å². The van der Waals surface area contributed by atoms with Crippen molar-refractivity contribution in [1.29, 1.82) is 5.26 Å². The Hall–Kier alpha value is -3.13. The van der Waals surface area contributed by atoms with Crippen molar-refractivity contribution in [2.45, 2.75) is 25.7 Å². The summed E-state index contributed by atoms with van der Waals surface area (Å²) >= 11 is 0. The van der Waals surface area contributed by atoms with Gasteiger partial charge in [-0.05, 0) is 61.4 Å². The molecule has 1 aliphatic rings. The number of benzene rings is 2. The van der Waals surface area contributed by atoms with Crippen molar-refractivity contribution in [3.05, 3.63) is 65.2 Å². The average molecular weight is 347 g/mol. The fraction of sp³-hybridized carbons (Fsp3) is 0.286. The number of nitriles is 1. The van der Waals surface area contributed by atoms with Gasteiger partial charge in [-0.25, -0.2) is 0 Å². The quantitative estimate of drug-likeness (QED) is 0.917. The molecule has 0 spiro atoms. The van der Waals surface area contributed by atoms with Crippen molar-refractivity contribution in [3.8, 4) is 6.07 Å². The first-order chi connectivity index (χ1) is 12.7. The van der Waals surface area contributed by atoms with Gasteiger partial charge in [0.25, 0.3) is 11.8 Å². The lowest BCUT2D eigenvalue weighted by Gasteiger charge is -2.20. The number of rotatable bonds is 3. The maximum Gasteiger partial charge on any atom is 0.255 e. The molecule has 26 heavy (non-hydrogen) atoms. The van der Waals surface area contributed by atoms with Crippen molar-refractivity contribution in [3.63, 3.8) is 0 Å². The van der Waals surface area contributed by atoms with Gasteiger partial charge in [-0.2, -0.15) is 5.26 Å². The molecule has 2 aromatic carbocycles. The maximum absolute atomic E-state index is 12.6. The molecule has 0 atom stereocenters. The van der Waals surface area contributed by atoms with Gasteiger partial charge in [0, 0.05) is 29.9 Å².